The molecule has 3 aromatic carbocycles. The molecule has 6 rings (SSSR count). The maximum absolute atomic E-state index is 13.7. The first-order chi connectivity index (χ1) is 24.0. The van der Waals surface area contributed by atoms with E-state index in [1.165, 1.54) is 5.56 Å². The number of unbranched alkanes of at least 4 members (excludes halogenated alkanes) is 1. The summed E-state index contributed by atoms with van der Waals surface area (Å²) in [6.07, 6.45) is 6.97. The Kier molecular flexibility index (Phi) is 12.1. The third-order valence-corrected chi connectivity index (χ3v) is 9.97. The number of ether oxygens (including phenoxy) is 3. The van der Waals surface area contributed by atoms with E-state index in [4.69, 9.17) is 19.2 Å². The molecule has 0 spiro atoms. The summed E-state index contributed by atoms with van der Waals surface area (Å²) in [4.78, 5) is 23.2. The van der Waals surface area contributed by atoms with Crippen LogP contribution in [-0.2, 0) is 20.8 Å². The van der Waals surface area contributed by atoms with Gasteiger partial charge in [0.05, 0.1) is 11.6 Å². The lowest BCUT2D eigenvalue weighted by molar-refractivity contribution is -0.112. The molecule has 0 radical (unpaired) electrons. The maximum atomic E-state index is 13.7. The summed E-state index contributed by atoms with van der Waals surface area (Å²) in [6, 6.07) is 23.4. The zero-order valence-corrected chi connectivity index (χ0v) is 29.8. The highest BCUT2D eigenvalue weighted by molar-refractivity contribution is 7.09. The summed E-state index contributed by atoms with van der Waals surface area (Å²) < 4.78 is 17.0. The molecule has 2 aliphatic rings. The van der Waals surface area contributed by atoms with E-state index in [1.807, 2.05) is 37.3 Å². The van der Waals surface area contributed by atoms with Gasteiger partial charge in [-0.05, 0) is 104 Å². The zero-order chi connectivity index (χ0) is 34.0. The normalized spacial score (nSPS) is 15.1. The van der Waals surface area contributed by atoms with Gasteiger partial charge in [0.15, 0.2) is 0 Å². The minimum atomic E-state index is -0.0834. The number of anilines is 3. The number of fused-ring (bicyclic) bond motifs is 1. The molecule has 1 N–H and O–H groups in total. The Balaban J connectivity index is 1.16. The van der Waals surface area contributed by atoms with Crippen molar-refractivity contribution in [2.24, 2.45) is 0 Å². The topological polar surface area (TPSA) is 76.2 Å². The first-order valence-electron chi connectivity index (χ1n) is 17.5. The van der Waals surface area contributed by atoms with Gasteiger partial charge >= 0.3 is 0 Å². The van der Waals surface area contributed by atoms with Crippen molar-refractivity contribution in [3.63, 3.8) is 0 Å². The largest absolute Gasteiger partial charge is 0.491 e. The Morgan fingerprint density at radius 2 is 1.80 bits per heavy atom. The van der Waals surface area contributed by atoms with Crippen molar-refractivity contribution in [2.75, 3.05) is 56.8 Å². The second-order valence-electron chi connectivity index (χ2n) is 12.8. The van der Waals surface area contributed by atoms with Crippen LogP contribution in [0.25, 0.3) is 17.2 Å². The number of amides is 1. The Hall–Kier alpha value is -4.02. The number of hydrogen-bond acceptors (Lipinski definition) is 8. The van der Waals surface area contributed by atoms with E-state index in [2.05, 4.69) is 76.9 Å². The third kappa shape index (κ3) is 9.36. The molecule has 0 atom stereocenters. The molecule has 49 heavy (non-hydrogen) atoms. The van der Waals surface area contributed by atoms with Crippen molar-refractivity contribution >= 4 is 40.5 Å². The predicted molar refractivity (Wildman–Crippen MR) is 200 cm³/mol. The molecule has 3 heterocycles. The molecule has 1 amide bonds. The van der Waals surface area contributed by atoms with Crippen LogP contribution in [-0.4, -0.2) is 68.5 Å². The van der Waals surface area contributed by atoms with Crippen LogP contribution in [0.2, 0.25) is 0 Å². The summed E-state index contributed by atoms with van der Waals surface area (Å²) in [5.74, 6) is 1.65. The molecule has 0 unspecified atom stereocenters. The summed E-state index contributed by atoms with van der Waals surface area (Å²) in [6.45, 7) is 9.27. The number of nitrogens with zero attached hydrogens (tertiary/aromatic N) is 3. The Bertz CT molecular complexity index is 1700. The van der Waals surface area contributed by atoms with E-state index in [-0.39, 0.29) is 5.91 Å². The number of rotatable bonds is 14. The Morgan fingerprint density at radius 3 is 2.53 bits per heavy atom. The number of benzene rings is 3. The highest BCUT2D eigenvalue weighted by atomic mass is 32.1. The van der Waals surface area contributed by atoms with Gasteiger partial charge in [-0.2, -0.15) is 0 Å². The number of aryl methyl sites for hydroxylation is 1. The lowest BCUT2D eigenvalue weighted by Crippen LogP contribution is -2.36. The molecule has 258 valence electrons. The van der Waals surface area contributed by atoms with E-state index >= 15 is 0 Å². The minimum absolute atomic E-state index is 0.0834. The molecule has 0 saturated carbocycles. The molecule has 1 aromatic heterocycles. The number of aromatic nitrogens is 1. The standard InChI is InChI=1S/C40H48N4O4S/c1-4-5-20-46-23-24-48-37-13-8-31(9-14-37)32-10-15-38-34(25-32)26-33(16-19-44(38)39-28-49-29(2)41-39)40(45)42-35-11-6-30(7-12-35)27-43(3)36-17-21-47-22-18-36/h6-15,25-26,28,36H,4-5,16-24,27H2,1-3H3,(H,42,45). The van der Waals surface area contributed by atoms with Gasteiger partial charge < -0.3 is 24.4 Å². The van der Waals surface area contributed by atoms with Crippen molar-refractivity contribution < 1.29 is 19.0 Å². The number of nitrogens with one attached hydrogen (secondary N) is 1. The van der Waals surface area contributed by atoms with Crippen LogP contribution in [0, 0.1) is 6.92 Å². The summed E-state index contributed by atoms with van der Waals surface area (Å²) in [7, 11) is 2.18. The highest BCUT2D eigenvalue weighted by Crippen LogP contribution is 2.37. The molecule has 1 fully saturated rings. The van der Waals surface area contributed by atoms with Gasteiger partial charge in [-0.15, -0.1) is 11.3 Å². The third-order valence-electron chi connectivity index (χ3n) is 9.21. The average Bonchev–Trinajstić information content (AvgIpc) is 3.46. The van der Waals surface area contributed by atoms with Gasteiger partial charge in [-0.1, -0.05) is 43.7 Å². The van der Waals surface area contributed by atoms with Crippen molar-refractivity contribution in [1.29, 1.82) is 0 Å². The molecule has 0 bridgehead atoms. The Morgan fingerprint density at radius 1 is 1.02 bits per heavy atom. The quantitative estimate of drug-likeness (QED) is 0.134. The minimum Gasteiger partial charge on any atom is -0.491 e. The fraction of sp³-hybridized carbons (Fsp3) is 0.400. The molecule has 2 aliphatic heterocycles. The second kappa shape index (κ2) is 17.1. The summed E-state index contributed by atoms with van der Waals surface area (Å²) in [5.41, 5.74) is 6.94. The molecule has 9 heteroatoms. The first-order valence-corrected chi connectivity index (χ1v) is 18.4. The predicted octanol–water partition coefficient (Wildman–Crippen LogP) is 8.49. The second-order valence-corrected chi connectivity index (χ2v) is 13.9. The van der Waals surface area contributed by atoms with Crippen LogP contribution >= 0.6 is 11.3 Å². The van der Waals surface area contributed by atoms with Gasteiger partial charge in [0, 0.05) is 61.3 Å². The number of carbonyl (C=O) groups is 1. The van der Waals surface area contributed by atoms with Gasteiger partial charge in [0.25, 0.3) is 5.91 Å². The van der Waals surface area contributed by atoms with Crippen LogP contribution in [0.3, 0.4) is 0 Å². The van der Waals surface area contributed by atoms with Crippen molar-refractivity contribution in [2.45, 2.75) is 58.5 Å². The monoisotopic (exact) mass is 680 g/mol. The van der Waals surface area contributed by atoms with Gasteiger partial charge in [0.2, 0.25) is 0 Å². The molecular weight excluding hydrogens is 633 g/mol. The lowest BCUT2D eigenvalue weighted by Gasteiger charge is -2.31. The maximum Gasteiger partial charge on any atom is 0.251 e. The van der Waals surface area contributed by atoms with Crippen LogP contribution < -0.4 is 15.0 Å². The van der Waals surface area contributed by atoms with Gasteiger partial charge in [-0.25, -0.2) is 4.98 Å². The van der Waals surface area contributed by atoms with Crippen LogP contribution in [0.4, 0.5) is 17.2 Å². The summed E-state index contributed by atoms with van der Waals surface area (Å²) in [5, 5.41) is 6.27. The van der Waals surface area contributed by atoms with E-state index < -0.39 is 0 Å². The van der Waals surface area contributed by atoms with Crippen LogP contribution in [0.5, 0.6) is 5.75 Å². The molecule has 4 aromatic rings. The van der Waals surface area contributed by atoms with Gasteiger partial charge in [0.1, 0.15) is 18.2 Å². The fourth-order valence-corrected chi connectivity index (χ4v) is 6.96. The van der Waals surface area contributed by atoms with Crippen LogP contribution in [0.15, 0.2) is 77.7 Å². The van der Waals surface area contributed by atoms with Crippen molar-refractivity contribution in [3.05, 3.63) is 93.8 Å². The number of carbonyl (C=O) groups excluding carboxylic acids is 1. The SMILES string of the molecule is CCCCOCCOc1ccc(-c2ccc3c(c2)C=C(C(=O)Nc2ccc(CN(C)C4CCOCC4)cc2)CCN3c2csc(C)n2)cc1. The molecular formula is C40H48N4O4S. The molecule has 0 aliphatic carbocycles. The Labute approximate surface area is 294 Å². The van der Waals surface area contributed by atoms with E-state index in [0.717, 1.165) is 102 Å². The zero-order valence-electron chi connectivity index (χ0n) is 29.0. The summed E-state index contributed by atoms with van der Waals surface area (Å²) >= 11 is 1.64. The molecule has 1 saturated heterocycles. The molecule has 8 nitrogen and oxygen atoms in total. The fourth-order valence-electron chi connectivity index (χ4n) is 6.36. The number of thiazole rings is 1. The van der Waals surface area contributed by atoms with E-state index in [0.29, 0.717) is 32.2 Å². The smallest absolute Gasteiger partial charge is 0.251 e. The first kappa shape index (κ1) is 34.8. The average molecular weight is 681 g/mol. The van der Waals surface area contributed by atoms with Gasteiger partial charge in [-0.3, -0.25) is 9.69 Å². The number of hydrogen-bond donors (Lipinski definition) is 1. The van der Waals surface area contributed by atoms with Crippen molar-refractivity contribution in [1.82, 2.24) is 9.88 Å². The van der Waals surface area contributed by atoms with E-state index in [1.54, 1.807) is 11.3 Å². The highest BCUT2D eigenvalue weighted by Gasteiger charge is 2.23. The van der Waals surface area contributed by atoms with E-state index in [9.17, 15) is 4.79 Å². The van der Waals surface area contributed by atoms with Crippen LogP contribution in [0.1, 0.15) is 55.2 Å². The van der Waals surface area contributed by atoms with Crippen molar-refractivity contribution in [3.8, 4) is 16.9 Å². The lowest BCUT2D eigenvalue weighted by atomic mass is 10.00.